The number of hydrogen-bond acceptors (Lipinski definition) is 3. The van der Waals surface area contributed by atoms with E-state index in [4.69, 9.17) is 4.74 Å². The predicted molar refractivity (Wildman–Crippen MR) is 66.4 cm³/mol. The summed E-state index contributed by atoms with van der Waals surface area (Å²) < 4.78 is 5.79. The minimum Gasteiger partial charge on any atom is -0.377 e. The van der Waals surface area contributed by atoms with Crippen LogP contribution >= 0.6 is 11.8 Å². The number of hydrogen-bond donors (Lipinski definition) is 1. The van der Waals surface area contributed by atoms with Crippen molar-refractivity contribution in [3.63, 3.8) is 0 Å². The van der Waals surface area contributed by atoms with Crippen LogP contribution in [0.4, 0.5) is 0 Å². The summed E-state index contributed by atoms with van der Waals surface area (Å²) >= 11 is 1.92. The van der Waals surface area contributed by atoms with Crippen molar-refractivity contribution in [3.05, 3.63) is 0 Å². The molecule has 1 heterocycles. The van der Waals surface area contributed by atoms with Crippen molar-refractivity contribution in [2.45, 2.75) is 45.4 Å². The molecule has 0 radical (unpaired) electrons. The maximum atomic E-state index is 5.79. The van der Waals surface area contributed by atoms with Gasteiger partial charge in [0.1, 0.15) is 0 Å². The van der Waals surface area contributed by atoms with Gasteiger partial charge in [0.05, 0.1) is 6.10 Å². The fourth-order valence-corrected chi connectivity index (χ4v) is 3.86. The van der Waals surface area contributed by atoms with Gasteiger partial charge in [-0.3, -0.25) is 0 Å². The van der Waals surface area contributed by atoms with Crippen LogP contribution in [0.2, 0.25) is 0 Å². The molecule has 1 aliphatic carbocycles. The molecule has 2 aliphatic rings. The summed E-state index contributed by atoms with van der Waals surface area (Å²) in [6.45, 7) is 7.93. The Labute approximate surface area is 97.5 Å². The van der Waals surface area contributed by atoms with E-state index in [9.17, 15) is 0 Å². The molecule has 4 unspecified atom stereocenters. The minimum absolute atomic E-state index is 0.327. The smallest absolute Gasteiger partial charge is 0.0685 e. The molecular weight excluding hydrogens is 206 g/mol. The Hall–Kier alpha value is 0.270. The number of thioether (sulfide) groups is 1. The van der Waals surface area contributed by atoms with Crippen molar-refractivity contribution in [1.29, 1.82) is 0 Å². The number of rotatable bonds is 4. The van der Waals surface area contributed by atoms with Crippen LogP contribution in [0.5, 0.6) is 0 Å². The molecule has 0 aromatic carbocycles. The molecule has 88 valence electrons. The van der Waals surface area contributed by atoms with E-state index in [0.29, 0.717) is 23.6 Å². The Morgan fingerprint density at radius 2 is 2.27 bits per heavy atom. The lowest BCUT2D eigenvalue weighted by atomic mass is 9.57. The van der Waals surface area contributed by atoms with Gasteiger partial charge >= 0.3 is 0 Å². The number of fused-ring (bicyclic) bond motifs is 1. The van der Waals surface area contributed by atoms with Crippen LogP contribution in [0, 0.1) is 11.3 Å². The van der Waals surface area contributed by atoms with E-state index in [1.807, 2.05) is 11.8 Å². The second kappa shape index (κ2) is 4.27. The van der Waals surface area contributed by atoms with Crippen molar-refractivity contribution in [3.8, 4) is 0 Å². The first kappa shape index (κ1) is 11.7. The highest BCUT2D eigenvalue weighted by Crippen LogP contribution is 2.52. The fraction of sp³-hybridized carbons (Fsp3) is 1.00. The topological polar surface area (TPSA) is 21.3 Å². The normalized spacial score (nSPS) is 39.6. The third-order valence-corrected chi connectivity index (χ3v) is 4.81. The summed E-state index contributed by atoms with van der Waals surface area (Å²) in [6.07, 6.45) is 3.93. The fourth-order valence-electron chi connectivity index (χ4n) is 3.27. The Morgan fingerprint density at radius 3 is 2.93 bits per heavy atom. The highest BCUT2D eigenvalue weighted by molar-refractivity contribution is 7.98. The van der Waals surface area contributed by atoms with Gasteiger partial charge in [-0.25, -0.2) is 0 Å². The zero-order valence-corrected chi connectivity index (χ0v) is 11.1. The van der Waals surface area contributed by atoms with Gasteiger partial charge in [-0.2, -0.15) is 11.8 Å². The van der Waals surface area contributed by atoms with E-state index in [0.717, 1.165) is 12.5 Å². The summed E-state index contributed by atoms with van der Waals surface area (Å²) in [5, 5.41) is 3.78. The second-order valence-corrected chi connectivity index (χ2v) is 6.48. The standard InChI is InChI=1S/C12H23NOS/c1-8(7-15-4)13-10-9-5-6-14-11(9)12(10,2)3/h8-11,13H,5-7H2,1-4H3. The Bertz CT molecular complexity index is 232. The molecule has 1 saturated heterocycles. The summed E-state index contributed by atoms with van der Waals surface area (Å²) in [5.41, 5.74) is 0.327. The maximum absolute atomic E-state index is 5.79. The van der Waals surface area contributed by atoms with E-state index in [1.54, 1.807) is 0 Å². The predicted octanol–water partition coefficient (Wildman–Crippen LogP) is 2.14. The molecule has 1 aliphatic heterocycles. The molecule has 0 aromatic rings. The maximum Gasteiger partial charge on any atom is 0.0685 e. The van der Waals surface area contributed by atoms with Gasteiger partial charge in [0.25, 0.3) is 0 Å². The van der Waals surface area contributed by atoms with Crippen molar-refractivity contribution in [2.24, 2.45) is 11.3 Å². The second-order valence-electron chi connectivity index (χ2n) is 5.57. The van der Waals surface area contributed by atoms with Crippen molar-refractivity contribution < 1.29 is 4.74 Å². The first-order chi connectivity index (χ1) is 7.07. The van der Waals surface area contributed by atoms with Crippen LogP contribution in [-0.2, 0) is 4.74 Å². The average Bonchev–Trinajstić information content (AvgIpc) is 2.61. The zero-order chi connectivity index (χ0) is 11.1. The van der Waals surface area contributed by atoms with Gasteiger partial charge < -0.3 is 10.1 Å². The van der Waals surface area contributed by atoms with Crippen LogP contribution in [0.25, 0.3) is 0 Å². The van der Waals surface area contributed by atoms with Crippen LogP contribution in [-0.4, -0.2) is 36.8 Å². The number of ether oxygens (including phenoxy) is 1. The van der Waals surface area contributed by atoms with E-state index in [1.165, 1.54) is 12.2 Å². The lowest BCUT2D eigenvalue weighted by Gasteiger charge is -2.55. The minimum atomic E-state index is 0.327. The molecule has 15 heavy (non-hydrogen) atoms. The third kappa shape index (κ3) is 1.94. The molecule has 0 aromatic heterocycles. The van der Waals surface area contributed by atoms with Crippen molar-refractivity contribution in [1.82, 2.24) is 5.32 Å². The molecule has 2 fully saturated rings. The zero-order valence-electron chi connectivity index (χ0n) is 10.2. The van der Waals surface area contributed by atoms with Gasteiger partial charge in [0.15, 0.2) is 0 Å². The van der Waals surface area contributed by atoms with Crippen LogP contribution < -0.4 is 5.32 Å². The molecule has 4 atom stereocenters. The van der Waals surface area contributed by atoms with Gasteiger partial charge in [0.2, 0.25) is 0 Å². The molecule has 1 saturated carbocycles. The Balaban J connectivity index is 1.92. The van der Waals surface area contributed by atoms with E-state index >= 15 is 0 Å². The first-order valence-corrected chi connectivity index (χ1v) is 7.33. The van der Waals surface area contributed by atoms with Gasteiger partial charge in [-0.1, -0.05) is 13.8 Å². The summed E-state index contributed by atoms with van der Waals surface area (Å²) in [6, 6.07) is 1.28. The first-order valence-electron chi connectivity index (χ1n) is 5.94. The molecule has 2 nitrogen and oxygen atoms in total. The molecule has 1 N–H and O–H groups in total. The Morgan fingerprint density at radius 1 is 1.53 bits per heavy atom. The van der Waals surface area contributed by atoms with Gasteiger partial charge in [-0.15, -0.1) is 0 Å². The SMILES string of the molecule is CSCC(C)NC1C2CCOC2C1(C)C. The molecule has 0 spiro atoms. The number of nitrogens with one attached hydrogen (secondary N) is 1. The van der Waals surface area contributed by atoms with E-state index < -0.39 is 0 Å². The third-order valence-electron chi connectivity index (χ3n) is 3.98. The van der Waals surface area contributed by atoms with Crippen LogP contribution in [0.1, 0.15) is 27.2 Å². The van der Waals surface area contributed by atoms with E-state index in [-0.39, 0.29) is 0 Å². The van der Waals surface area contributed by atoms with Crippen LogP contribution in [0.15, 0.2) is 0 Å². The van der Waals surface area contributed by atoms with Crippen molar-refractivity contribution in [2.75, 3.05) is 18.6 Å². The van der Waals surface area contributed by atoms with Gasteiger partial charge in [0, 0.05) is 35.8 Å². The summed E-state index contributed by atoms with van der Waals surface area (Å²) in [5.74, 6) is 1.97. The molecule has 0 amide bonds. The highest BCUT2D eigenvalue weighted by Gasteiger charge is 2.59. The molecule has 2 rings (SSSR count). The highest BCUT2D eigenvalue weighted by atomic mass is 32.2. The van der Waals surface area contributed by atoms with Crippen molar-refractivity contribution >= 4 is 11.8 Å². The van der Waals surface area contributed by atoms with E-state index in [2.05, 4.69) is 32.3 Å². The molecular formula is C12H23NOS. The monoisotopic (exact) mass is 229 g/mol. The summed E-state index contributed by atoms with van der Waals surface area (Å²) in [7, 11) is 0. The Kier molecular flexibility index (Phi) is 3.34. The lowest BCUT2D eigenvalue weighted by molar-refractivity contribution is -0.114. The van der Waals surface area contributed by atoms with Crippen LogP contribution in [0.3, 0.4) is 0 Å². The molecule has 0 bridgehead atoms. The summed E-state index contributed by atoms with van der Waals surface area (Å²) in [4.78, 5) is 0. The largest absolute Gasteiger partial charge is 0.377 e. The lowest BCUT2D eigenvalue weighted by Crippen LogP contribution is -2.67. The van der Waals surface area contributed by atoms with Gasteiger partial charge in [-0.05, 0) is 19.6 Å². The average molecular weight is 229 g/mol. The quantitative estimate of drug-likeness (QED) is 0.798. The molecule has 3 heteroatoms.